The highest BCUT2D eigenvalue weighted by molar-refractivity contribution is 8.17. The number of thioether (sulfide) groups is 4. The molecular weight excluding hydrogens is 561 g/mol. The molecule has 9 nitrogen and oxygen atoms in total. The summed E-state index contributed by atoms with van der Waals surface area (Å²) in [4.78, 5) is 57.3. The molecule has 0 spiro atoms. The molecule has 208 valence electrons. The number of rotatable bonds is 8. The molecule has 0 radical (unpaired) electrons. The Hall–Kier alpha value is -1.31. The zero-order valence-electron chi connectivity index (χ0n) is 23.1. The quantitative estimate of drug-likeness (QED) is 0.413. The van der Waals surface area contributed by atoms with Gasteiger partial charge in [-0.05, 0) is 34.6 Å². The summed E-state index contributed by atoms with van der Waals surface area (Å²) in [6, 6.07) is -1.23. The number of Topliss-reactive ketones (excluding diaryl/α,β-unsaturated/α-hetero) is 1. The summed E-state index contributed by atoms with van der Waals surface area (Å²) in [5.74, 6) is 1.87. The fraction of sp³-hybridized carbons (Fsp3) is 0.720. The number of carbonyl (C=O) groups excluding carboxylic acids is 3. The molecule has 4 heterocycles. The van der Waals surface area contributed by atoms with Crippen LogP contribution < -0.4 is 10.6 Å². The van der Waals surface area contributed by atoms with Gasteiger partial charge in [-0.15, -0.1) is 47.0 Å². The van der Waals surface area contributed by atoms with E-state index in [2.05, 4.69) is 45.3 Å². The molecule has 2 amide bonds. The fourth-order valence-electron chi connectivity index (χ4n) is 4.37. The Morgan fingerprint density at radius 1 is 0.763 bits per heavy atom. The predicted octanol–water partition coefficient (Wildman–Crippen LogP) is 3.08. The van der Waals surface area contributed by atoms with Crippen molar-refractivity contribution in [3.05, 3.63) is 0 Å². The highest BCUT2D eigenvalue weighted by atomic mass is 32.2. The lowest BCUT2D eigenvalue weighted by Crippen LogP contribution is -2.55. The maximum absolute atomic E-state index is 13.1. The predicted molar refractivity (Wildman–Crippen MR) is 165 cm³/mol. The zero-order chi connectivity index (χ0) is 28.1. The van der Waals surface area contributed by atoms with Crippen molar-refractivity contribution in [1.82, 2.24) is 10.6 Å². The Bertz CT molecular complexity index is 1190. The number of amides is 2. The summed E-state index contributed by atoms with van der Waals surface area (Å²) in [5, 5.41) is 9.06. The normalized spacial score (nSPS) is 35.5. The smallest absolute Gasteiger partial charge is 0.250 e. The molecule has 4 aliphatic rings. The molecule has 0 aromatic rings. The van der Waals surface area contributed by atoms with Crippen molar-refractivity contribution in [2.24, 2.45) is 25.9 Å². The number of nitrogens with zero attached hydrogens (tertiary/aromatic N) is 4. The molecule has 0 saturated heterocycles. The average molecular weight is 597 g/mol. The number of carbonyl (C=O) groups is 3. The van der Waals surface area contributed by atoms with Crippen LogP contribution in [0, 0.1) is 5.92 Å². The van der Waals surface area contributed by atoms with Crippen molar-refractivity contribution >= 4 is 84.8 Å². The Labute approximate surface area is 241 Å². The molecule has 0 bridgehead atoms. The summed E-state index contributed by atoms with van der Waals surface area (Å²) >= 11 is 6.83. The molecule has 5 atom stereocenters. The molecule has 4 aliphatic heterocycles. The molecule has 0 fully saturated rings. The van der Waals surface area contributed by atoms with Crippen LogP contribution in [0.2, 0.25) is 0 Å². The van der Waals surface area contributed by atoms with E-state index in [-0.39, 0.29) is 5.54 Å². The maximum atomic E-state index is 13.1. The molecule has 13 heteroatoms. The SMILES string of the molecule is CNC(=O)[C@H](NC(=O)[C@]1(C)CSC([C@]2(C)CSC([C@]3(C)CSC([C@@]4(C)CSC(C(C)C)=N4)=N3)=N2)=N1)C(C)=O. The lowest BCUT2D eigenvalue weighted by molar-refractivity contribution is -0.136. The van der Waals surface area contributed by atoms with Gasteiger partial charge in [0.1, 0.15) is 22.2 Å². The van der Waals surface area contributed by atoms with Crippen molar-refractivity contribution in [3.63, 3.8) is 0 Å². The topological polar surface area (TPSA) is 125 Å². The molecule has 0 aromatic heterocycles. The van der Waals surface area contributed by atoms with E-state index in [1.807, 2.05) is 11.8 Å². The van der Waals surface area contributed by atoms with Crippen LogP contribution in [0.25, 0.3) is 0 Å². The second-order valence-corrected chi connectivity index (χ2v) is 15.1. The van der Waals surface area contributed by atoms with E-state index >= 15 is 0 Å². The molecule has 0 aromatic carbocycles. The minimum absolute atomic E-state index is 0.285. The van der Waals surface area contributed by atoms with Crippen LogP contribution in [0.1, 0.15) is 48.5 Å². The van der Waals surface area contributed by atoms with Crippen molar-refractivity contribution in [3.8, 4) is 0 Å². The van der Waals surface area contributed by atoms with Gasteiger partial charge in [-0.25, -0.2) is 0 Å². The van der Waals surface area contributed by atoms with Gasteiger partial charge in [0, 0.05) is 36.0 Å². The van der Waals surface area contributed by atoms with Crippen molar-refractivity contribution in [1.29, 1.82) is 0 Å². The first-order valence-electron chi connectivity index (χ1n) is 12.6. The van der Waals surface area contributed by atoms with Crippen LogP contribution in [0.5, 0.6) is 0 Å². The van der Waals surface area contributed by atoms with Crippen molar-refractivity contribution < 1.29 is 14.4 Å². The summed E-state index contributed by atoms with van der Waals surface area (Å²) in [6.07, 6.45) is 0. The third-order valence-electron chi connectivity index (χ3n) is 6.93. The summed E-state index contributed by atoms with van der Waals surface area (Å²) < 4.78 is 0. The van der Waals surface area contributed by atoms with E-state index < -0.39 is 40.3 Å². The number of hydrogen-bond acceptors (Lipinski definition) is 11. The Morgan fingerprint density at radius 2 is 1.24 bits per heavy atom. The van der Waals surface area contributed by atoms with Crippen LogP contribution >= 0.6 is 47.0 Å². The highest BCUT2D eigenvalue weighted by Gasteiger charge is 2.51. The second-order valence-electron chi connectivity index (χ2n) is 11.2. The standard InChI is InChI=1S/C25H36N6O3S4/c1-13(2)17-28-23(5,10-35-17)19-30-25(7,12-37-19)21-31-24(6,11-38-21)20-29-22(4,9-36-20)18(34)27-15(14(3)32)16(33)26-8/h13,15H,9-12H2,1-8H3,(H,26,33)(H,27,34)/t15-,22+,23-,24+,25+/m1/s1. The zero-order valence-corrected chi connectivity index (χ0v) is 26.4. The van der Waals surface area contributed by atoms with Gasteiger partial charge in [0.05, 0.1) is 20.2 Å². The Kier molecular flexibility index (Phi) is 8.27. The second kappa shape index (κ2) is 10.6. The minimum Gasteiger partial charge on any atom is -0.357 e. The first kappa shape index (κ1) is 29.7. The lowest BCUT2D eigenvalue weighted by Gasteiger charge is -2.23. The Morgan fingerprint density at radius 3 is 1.71 bits per heavy atom. The molecule has 0 unspecified atom stereocenters. The van der Waals surface area contributed by atoms with E-state index in [1.165, 1.54) is 30.8 Å². The monoisotopic (exact) mass is 596 g/mol. The summed E-state index contributed by atoms with van der Waals surface area (Å²) in [5.41, 5.74) is -2.36. The summed E-state index contributed by atoms with van der Waals surface area (Å²) in [6.45, 7) is 13.7. The molecule has 0 saturated carbocycles. The van der Waals surface area contributed by atoms with E-state index in [9.17, 15) is 14.4 Å². The Balaban J connectivity index is 1.53. The number of likely N-dealkylation sites (N-methyl/N-ethyl adjacent to an activating group) is 1. The first-order chi connectivity index (χ1) is 17.6. The van der Waals surface area contributed by atoms with E-state index in [0.29, 0.717) is 17.4 Å². The number of nitrogens with one attached hydrogen (secondary N) is 2. The van der Waals surface area contributed by atoms with E-state index in [1.54, 1.807) is 30.4 Å². The van der Waals surface area contributed by atoms with Crippen LogP contribution in [0.3, 0.4) is 0 Å². The van der Waals surface area contributed by atoms with Gasteiger partial charge in [0.2, 0.25) is 11.8 Å². The molecule has 4 rings (SSSR count). The largest absolute Gasteiger partial charge is 0.357 e. The van der Waals surface area contributed by atoms with Gasteiger partial charge in [-0.1, -0.05) is 13.8 Å². The summed E-state index contributed by atoms with van der Waals surface area (Å²) in [7, 11) is 1.43. The van der Waals surface area contributed by atoms with Crippen molar-refractivity contribution in [2.75, 3.05) is 30.1 Å². The van der Waals surface area contributed by atoms with Gasteiger partial charge in [-0.3, -0.25) is 34.4 Å². The number of hydrogen-bond donors (Lipinski definition) is 2. The van der Waals surface area contributed by atoms with Gasteiger partial charge in [-0.2, -0.15) is 0 Å². The number of ketones is 1. The van der Waals surface area contributed by atoms with Gasteiger partial charge in [0.25, 0.3) is 0 Å². The minimum atomic E-state index is -1.23. The molecule has 2 N–H and O–H groups in total. The molecular formula is C25H36N6O3S4. The van der Waals surface area contributed by atoms with Crippen molar-refractivity contribution in [2.45, 2.75) is 76.7 Å². The van der Waals surface area contributed by atoms with E-state index in [4.69, 9.17) is 20.0 Å². The fourth-order valence-corrected chi connectivity index (χ4v) is 9.81. The third kappa shape index (κ3) is 5.49. The van der Waals surface area contributed by atoms with Crippen LogP contribution in [0.4, 0.5) is 0 Å². The third-order valence-corrected chi connectivity index (χ3v) is 13.0. The van der Waals surface area contributed by atoms with Crippen LogP contribution in [0.15, 0.2) is 20.0 Å². The van der Waals surface area contributed by atoms with Gasteiger partial charge >= 0.3 is 0 Å². The van der Waals surface area contributed by atoms with Gasteiger partial charge < -0.3 is 10.6 Å². The lowest BCUT2D eigenvalue weighted by atomic mass is 10.0. The first-order valence-corrected chi connectivity index (χ1v) is 16.5. The average Bonchev–Trinajstić information content (AvgIpc) is 3.64. The molecule has 0 aliphatic carbocycles. The maximum Gasteiger partial charge on any atom is 0.250 e. The van der Waals surface area contributed by atoms with Crippen LogP contribution in [-0.2, 0) is 14.4 Å². The van der Waals surface area contributed by atoms with Gasteiger partial charge in [0.15, 0.2) is 11.8 Å². The molecule has 38 heavy (non-hydrogen) atoms. The van der Waals surface area contributed by atoms with E-state index in [0.717, 1.165) is 26.6 Å². The van der Waals surface area contributed by atoms with Crippen LogP contribution in [-0.4, -0.2) is 96.0 Å². The highest BCUT2D eigenvalue weighted by Crippen LogP contribution is 2.46. The number of aliphatic imine (C=N–C) groups is 4.